The predicted octanol–water partition coefficient (Wildman–Crippen LogP) is 1.43. The van der Waals surface area contributed by atoms with E-state index in [0.29, 0.717) is 5.92 Å². The Hall–Kier alpha value is -1.41. The lowest BCUT2D eigenvalue weighted by Crippen LogP contribution is -2.24. The lowest BCUT2D eigenvalue weighted by molar-refractivity contribution is 0.482. The molecular formula is C13H23N7S. The summed E-state index contributed by atoms with van der Waals surface area (Å²) in [5.41, 5.74) is 1.19. The van der Waals surface area contributed by atoms with Crippen LogP contribution in [-0.4, -0.2) is 43.1 Å². The van der Waals surface area contributed by atoms with E-state index in [0.717, 1.165) is 37.1 Å². The van der Waals surface area contributed by atoms with Crippen LogP contribution in [0.1, 0.15) is 26.3 Å². The molecule has 2 rings (SSSR count). The number of hydrogen-bond acceptors (Lipinski definition) is 6. The van der Waals surface area contributed by atoms with Gasteiger partial charge in [0.05, 0.1) is 12.7 Å². The molecular weight excluding hydrogens is 286 g/mol. The predicted molar refractivity (Wildman–Crippen MR) is 83.0 cm³/mol. The summed E-state index contributed by atoms with van der Waals surface area (Å²) < 4.78 is 3.77. The Morgan fingerprint density at radius 1 is 1.38 bits per heavy atom. The van der Waals surface area contributed by atoms with Crippen molar-refractivity contribution in [2.75, 3.05) is 13.1 Å². The third kappa shape index (κ3) is 5.13. The Morgan fingerprint density at radius 3 is 2.95 bits per heavy atom. The molecule has 8 heteroatoms. The van der Waals surface area contributed by atoms with E-state index in [2.05, 4.69) is 52.9 Å². The van der Waals surface area contributed by atoms with Crippen molar-refractivity contribution in [2.45, 2.75) is 44.8 Å². The third-order valence-corrected chi connectivity index (χ3v) is 3.96. The van der Waals surface area contributed by atoms with E-state index in [1.165, 1.54) is 5.56 Å². The molecule has 2 aromatic heterocycles. The second kappa shape index (κ2) is 8.14. The first kappa shape index (κ1) is 16.0. The molecule has 2 heterocycles. The van der Waals surface area contributed by atoms with E-state index in [1.54, 1.807) is 11.8 Å². The summed E-state index contributed by atoms with van der Waals surface area (Å²) in [5, 5.41) is 20.4. The molecule has 0 spiro atoms. The largest absolute Gasteiger partial charge is 0.315 e. The zero-order valence-electron chi connectivity index (χ0n) is 12.9. The molecule has 1 N–H and O–H groups in total. The van der Waals surface area contributed by atoms with Gasteiger partial charge >= 0.3 is 0 Å². The van der Waals surface area contributed by atoms with Crippen LogP contribution >= 0.6 is 11.8 Å². The van der Waals surface area contributed by atoms with Crippen LogP contribution in [0.25, 0.3) is 0 Å². The van der Waals surface area contributed by atoms with E-state index in [1.807, 2.05) is 15.6 Å². The summed E-state index contributed by atoms with van der Waals surface area (Å²) in [6.45, 7) is 10.0. The molecule has 0 aliphatic carbocycles. The monoisotopic (exact) mass is 309 g/mol. The zero-order valence-corrected chi connectivity index (χ0v) is 13.7. The molecule has 7 nitrogen and oxygen atoms in total. The number of nitrogens with one attached hydrogen (secondary N) is 1. The lowest BCUT2D eigenvalue weighted by Gasteiger charge is -2.07. The molecule has 2 aromatic rings. The quantitative estimate of drug-likeness (QED) is 0.558. The minimum atomic E-state index is 0.655. The Balaban J connectivity index is 1.79. The minimum absolute atomic E-state index is 0.655. The fraction of sp³-hybridized carbons (Fsp3) is 0.692. The zero-order chi connectivity index (χ0) is 15.1. The van der Waals surface area contributed by atoms with Gasteiger partial charge in [0.2, 0.25) is 5.16 Å². The normalized spacial score (nSPS) is 11.4. The average molecular weight is 309 g/mol. The van der Waals surface area contributed by atoms with Crippen LogP contribution in [0.3, 0.4) is 0 Å². The molecule has 0 aromatic carbocycles. The highest BCUT2D eigenvalue weighted by Gasteiger charge is 2.08. The molecule has 0 saturated carbocycles. The summed E-state index contributed by atoms with van der Waals surface area (Å²) >= 11 is 1.64. The van der Waals surface area contributed by atoms with Gasteiger partial charge in [0.1, 0.15) is 0 Å². The van der Waals surface area contributed by atoms with Crippen LogP contribution in [0.2, 0.25) is 0 Å². The smallest absolute Gasteiger partial charge is 0.209 e. The fourth-order valence-electron chi connectivity index (χ4n) is 1.82. The lowest BCUT2D eigenvalue weighted by atomic mass is 10.2. The molecule has 0 aliphatic rings. The van der Waals surface area contributed by atoms with E-state index >= 15 is 0 Å². The summed E-state index contributed by atoms with van der Waals surface area (Å²) in [7, 11) is 0. The van der Waals surface area contributed by atoms with Gasteiger partial charge in [-0.3, -0.25) is 4.68 Å². The Bertz CT molecular complexity index is 534. The number of aryl methyl sites for hydroxylation is 1. The Kier molecular flexibility index (Phi) is 6.19. The van der Waals surface area contributed by atoms with E-state index in [4.69, 9.17) is 0 Å². The maximum Gasteiger partial charge on any atom is 0.209 e. The van der Waals surface area contributed by atoms with Crippen molar-refractivity contribution in [3.05, 3.63) is 18.0 Å². The molecule has 0 bridgehead atoms. The van der Waals surface area contributed by atoms with Crippen molar-refractivity contribution < 1.29 is 0 Å². The number of hydrogen-bond donors (Lipinski definition) is 1. The van der Waals surface area contributed by atoms with Crippen molar-refractivity contribution in [1.82, 2.24) is 35.3 Å². The second-order valence-electron chi connectivity index (χ2n) is 5.28. The Labute approximate surface area is 129 Å². The number of tetrazole rings is 1. The number of thioether (sulfide) groups is 1. The maximum absolute atomic E-state index is 4.27. The standard InChI is InChI=1S/C13H23N7S/c1-4-19-9-12(8-15-19)10-21-13-16-17-18-20(13)6-5-14-7-11(2)3/h8-9,11,14H,4-7,10H2,1-3H3. The molecule has 21 heavy (non-hydrogen) atoms. The summed E-state index contributed by atoms with van der Waals surface area (Å²) in [4.78, 5) is 0. The highest BCUT2D eigenvalue weighted by molar-refractivity contribution is 7.98. The van der Waals surface area contributed by atoms with Crippen LogP contribution < -0.4 is 5.32 Å². The van der Waals surface area contributed by atoms with Crippen molar-refractivity contribution in [3.63, 3.8) is 0 Å². The Morgan fingerprint density at radius 2 is 2.24 bits per heavy atom. The first-order chi connectivity index (χ1) is 10.2. The third-order valence-electron chi connectivity index (χ3n) is 2.93. The van der Waals surface area contributed by atoms with Gasteiger partial charge in [-0.25, -0.2) is 4.68 Å². The van der Waals surface area contributed by atoms with Gasteiger partial charge in [-0.15, -0.1) is 5.10 Å². The van der Waals surface area contributed by atoms with Crippen molar-refractivity contribution in [3.8, 4) is 0 Å². The topological polar surface area (TPSA) is 73.5 Å². The summed E-state index contributed by atoms with van der Waals surface area (Å²) in [6.07, 6.45) is 3.96. The summed E-state index contributed by atoms with van der Waals surface area (Å²) in [6, 6.07) is 0. The number of aromatic nitrogens is 6. The minimum Gasteiger partial charge on any atom is -0.315 e. The van der Waals surface area contributed by atoms with Crippen molar-refractivity contribution >= 4 is 11.8 Å². The van der Waals surface area contributed by atoms with Crippen LogP contribution in [0.15, 0.2) is 17.6 Å². The summed E-state index contributed by atoms with van der Waals surface area (Å²) in [5.74, 6) is 1.49. The SMILES string of the molecule is CCn1cc(CSc2nnnn2CCNCC(C)C)cn1. The molecule has 0 amide bonds. The van der Waals surface area contributed by atoms with E-state index in [-0.39, 0.29) is 0 Å². The van der Waals surface area contributed by atoms with Crippen molar-refractivity contribution in [1.29, 1.82) is 0 Å². The highest BCUT2D eigenvalue weighted by Crippen LogP contribution is 2.19. The molecule has 0 fully saturated rings. The molecule has 0 aliphatic heterocycles. The van der Waals surface area contributed by atoms with Gasteiger partial charge < -0.3 is 5.32 Å². The van der Waals surface area contributed by atoms with E-state index < -0.39 is 0 Å². The fourth-order valence-corrected chi connectivity index (χ4v) is 2.63. The molecule has 116 valence electrons. The maximum atomic E-state index is 4.27. The average Bonchev–Trinajstić information content (AvgIpc) is 3.10. The van der Waals surface area contributed by atoms with Gasteiger partial charge in [0.15, 0.2) is 0 Å². The van der Waals surface area contributed by atoms with E-state index in [9.17, 15) is 0 Å². The molecule has 0 atom stereocenters. The van der Waals surface area contributed by atoms with Gasteiger partial charge in [0.25, 0.3) is 0 Å². The number of rotatable bonds is 9. The number of nitrogens with zero attached hydrogens (tertiary/aromatic N) is 6. The molecule has 0 saturated heterocycles. The van der Waals surface area contributed by atoms with Crippen LogP contribution in [-0.2, 0) is 18.8 Å². The van der Waals surface area contributed by atoms with Gasteiger partial charge in [-0.1, -0.05) is 25.6 Å². The van der Waals surface area contributed by atoms with Crippen molar-refractivity contribution in [2.24, 2.45) is 5.92 Å². The first-order valence-electron chi connectivity index (χ1n) is 7.30. The highest BCUT2D eigenvalue weighted by atomic mass is 32.2. The molecule has 0 unspecified atom stereocenters. The first-order valence-corrected chi connectivity index (χ1v) is 8.28. The van der Waals surface area contributed by atoms with Crippen LogP contribution in [0.4, 0.5) is 0 Å². The molecule has 0 radical (unpaired) electrons. The van der Waals surface area contributed by atoms with Gasteiger partial charge in [-0.05, 0) is 29.8 Å². The van der Waals surface area contributed by atoms with Crippen LogP contribution in [0.5, 0.6) is 0 Å². The second-order valence-corrected chi connectivity index (χ2v) is 6.22. The van der Waals surface area contributed by atoms with Gasteiger partial charge in [0, 0.05) is 30.6 Å². The van der Waals surface area contributed by atoms with Crippen LogP contribution in [0, 0.1) is 5.92 Å². The van der Waals surface area contributed by atoms with Gasteiger partial charge in [-0.2, -0.15) is 5.10 Å².